The molecule has 2 aliphatic rings. The summed E-state index contributed by atoms with van der Waals surface area (Å²) in [5, 5.41) is 6.99. The van der Waals surface area contributed by atoms with E-state index in [9.17, 15) is 0 Å². The molecule has 1 heterocycles. The highest BCUT2D eigenvalue weighted by atomic mass is 16.5. The van der Waals surface area contributed by atoms with Crippen LogP contribution in [0.25, 0.3) is 32.3 Å². The topological polar surface area (TPSA) is 40.7 Å². The second-order valence-corrected chi connectivity index (χ2v) is 19.9. The number of rotatable bonds is 13. The van der Waals surface area contributed by atoms with Gasteiger partial charge in [-0.25, -0.2) is 0 Å². The van der Waals surface area contributed by atoms with Crippen molar-refractivity contribution in [1.82, 2.24) is 0 Å². The first kappa shape index (κ1) is 47.0. The molecule has 0 N–H and O–H groups in total. The van der Waals surface area contributed by atoms with E-state index in [1.807, 2.05) is 18.2 Å². The van der Waals surface area contributed by atoms with Gasteiger partial charge in [0.05, 0.1) is 44.1 Å². The van der Waals surface area contributed by atoms with Crippen molar-refractivity contribution >= 4 is 89.2 Å². The van der Waals surface area contributed by atoms with Crippen LogP contribution in [0.15, 0.2) is 266 Å². The molecule has 0 saturated carbocycles. The van der Waals surface area contributed by atoms with E-state index in [0.29, 0.717) is 6.42 Å². The minimum atomic E-state index is -0.534. The van der Waals surface area contributed by atoms with Crippen LogP contribution in [0.5, 0.6) is 17.2 Å². The second-order valence-electron chi connectivity index (χ2n) is 19.9. The molecule has 1 unspecified atom stereocenters. The van der Waals surface area contributed by atoms with Crippen LogP contribution in [0, 0.1) is 0 Å². The molecule has 1 atom stereocenters. The molecule has 0 amide bonds. The van der Waals surface area contributed by atoms with E-state index in [1.165, 1.54) is 32.8 Å². The third-order valence-electron chi connectivity index (χ3n) is 15.4. The maximum Gasteiger partial charge on any atom is 0.120 e. The second kappa shape index (κ2) is 19.5. The van der Waals surface area contributed by atoms with E-state index in [1.54, 1.807) is 21.3 Å². The third kappa shape index (κ3) is 8.24. The monoisotopic (exact) mass is 1000 g/mol. The molecule has 0 spiro atoms. The first-order valence-electron chi connectivity index (χ1n) is 26.1. The summed E-state index contributed by atoms with van der Waals surface area (Å²) < 4.78 is 17.6. The van der Waals surface area contributed by atoms with Crippen LogP contribution in [0.1, 0.15) is 18.9 Å². The lowest BCUT2D eigenvalue weighted by Gasteiger charge is -2.38. The molecule has 7 nitrogen and oxygen atoms in total. The summed E-state index contributed by atoms with van der Waals surface area (Å²) in [7, 11) is 5.19. The molecule has 1 aliphatic carbocycles. The van der Waals surface area contributed by atoms with Gasteiger partial charge in [0.25, 0.3) is 0 Å². The van der Waals surface area contributed by atoms with Crippen molar-refractivity contribution in [1.29, 1.82) is 0 Å². The Bertz CT molecular complexity index is 4110. The Morgan fingerprint density at radius 2 is 0.779 bits per heavy atom. The molecule has 13 rings (SSSR count). The standard InChI is InChI=1S/C70H56N4O3/c1-70-47-57(73(55-28-17-31-60(45-55)77-4)67-37-13-23-50-20-7-10-34-63(50)67)39-41-69(70)74(52-25-14-24-51(42-52)71(53-26-15-29-58(43-53)75-2)65-35-11-21-48-18-5-8-32-61(48)65)68-40-38-56(46-64(68)70)72(54-27-16-30-59(44-54)76-3)66-36-12-22-49-19-6-9-33-62(49)66/h5-46H,47H2,1-4H3. The van der Waals surface area contributed by atoms with Gasteiger partial charge >= 0.3 is 0 Å². The average Bonchev–Trinajstić information content (AvgIpc) is 3.78. The Kier molecular flexibility index (Phi) is 11.9. The lowest BCUT2D eigenvalue weighted by molar-refractivity contribution is 0.415. The van der Waals surface area contributed by atoms with Gasteiger partial charge in [-0.3, -0.25) is 0 Å². The number of nitrogens with zero attached hydrogens (tertiary/aromatic N) is 4. The zero-order valence-corrected chi connectivity index (χ0v) is 43.5. The molecule has 11 aromatic carbocycles. The predicted octanol–water partition coefficient (Wildman–Crippen LogP) is 18.5. The van der Waals surface area contributed by atoms with Gasteiger partial charge in [0, 0.05) is 91.7 Å². The number of benzene rings is 11. The van der Waals surface area contributed by atoms with E-state index < -0.39 is 5.41 Å². The van der Waals surface area contributed by atoms with E-state index in [2.05, 4.69) is 263 Å². The number of hydrogen-bond donors (Lipinski definition) is 0. The summed E-state index contributed by atoms with van der Waals surface area (Å²) in [5.74, 6) is 2.37. The van der Waals surface area contributed by atoms with Crippen molar-refractivity contribution in [3.05, 3.63) is 272 Å². The molecule has 0 fully saturated rings. The molecule has 7 heteroatoms. The Hall–Kier alpha value is -9.72. The quantitative estimate of drug-likeness (QED) is 0.114. The smallest absolute Gasteiger partial charge is 0.120 e. The maximum atomic E-state index is 5.89. The van der Waals surface area contributed by atoms with Crippen LogP contribution in [-0.4, -0.2) is 21.3 Å². The molecule has 0 bridgehead atoms. The number of methoxy groups -OCH3 is 3. The zero-order chi connectivity index (χ0) is 52.0. The Morgan fingerprint density at radius 1 is 0.377 bits per heavy atom. The first-order chi connectivity index (χ1) is 37.9. The van der Waals surface area contributed by atoms with Crippen molar-refractivity contribution < 1.29 is 14.2 Å². The molecule has 0 aromatic heterocycles. The largest absolute Gasteiger partial charge is 0.497 e. The van der Waals surface area contributed by atoms with Gasteiger partial charge in [0.2, 0.25) is 0 Å². The number of allylic oxidation sites excluding steroid dienone is 4. The molecule has 0 radical (unpaired) electrons. The fourth-order valence-corrected chi connectivity index (χ4v) is 11.8. The SMILES string of the molecule is COc1cccc(N(C2=CC=C3N(c4cccc(N(c5cccc(OC)c5)c5cccc6ccccc56)c4)c4ccc(N(c5cccc(OC)c5)c5cccc6ccccc56)cc4C3(C)C2)c2cccc3ccccc23)c1. The first-order valence-corrected chi connectivity index (χ1v) is 26.1. The number of anilines is 10. The molecular weight excluding hydrogens is 945 g/mol. The molecule has 374 valence electrons. The van der Waals surface area contributed by atoms with Gasteiger partial charge in [-0.2, -0.15) is 0 Å². The summed E-state index contributed by atoms with van der Waals surface area (Å²) >= 11 is 0. The fourth-order valence-electron chi connectivity index (χ4n) is 11.8. The van der Waals surface area contributed by atoms with Gasteiger partial charge in [-0.1, -0.05) is 133 Å². The van der Waals surface area contributed by atoms with Crippen molar-refractivity contribution in [2.75, 3.05) is 40.9 Å². The van der Waals surface area contributed by atoms with Gasteiger partial charge in [0.1, 0.15) is 17.2 Å². The molecular formula is C70H56N4O3. The number of ether oxygens (including phenoxy) is 3. The summed E-state index contributed by atoms with van der Waals surface area (Å²) in [6.07, 6.45) is 5.38. The Labute approximate surface area is 450 Å². The van der Waals surface area contributed by atoms with Crippen molar-refractivity contribution in [3.8, 4) is 17.2 Å². The summed E-state index contributed by atoms with van der Waals surface area (Å²) in [6, 6.07) is 86.7. The number of hydrogen-bond acceptors (Lipinski definition) is 7. The lowest BCUT2D eigenvalue weighted by atomic mass is 9.74. The van der Waals surface area contributed by atoms with Crippen molar-refractivity contribution in [3.63, 3.8) is 0 Å². The van der Waals surface area contributed by atoms with Crippen LogP contribution >= 0.6 is 0 Å². The van der Waals surface area contributed by atoms with Gasteiger partial charge in [0.15, 0.2) is 0 Å². The van der Waals surface area contributed by atoms with Crippen LogP contribution in [0.4, 0.5) is 56.9 Å². The van der Waals surface area contributed by atoms with E-state index >= 15 is 0 Å². The molecule has 11 aromatic rings. The van der Waals surface area contributed by atoms with Gasteiger partial charge < -0.3 is 33.8 Å². The van der Waals surface area contributed by atoms with E-state index in [-0.39, 0.29) is 0 Å². The molecule has 77 heavy (non-hydrogen) atoms. The molecule has 1 aliphatic heterocycles. The third-order valence-corrected chi connectivity index (χ3v) is 15.4. The van der Waals surface area contributed by atoms with Crippen molar-refractivity contribution in [2.45, 2.75) is 18.8 Å². The predicted molar refractivity (Wildman–Crippen MR) is 320 cm³/mol. The van der Waals surface area contributed by atoms with E-state index in [0.717, 1.165) is 90.6 Å². The minimum Gasteiger partial charge on any atom is -0.497 e. The van der Waals surface area contributed by atoms with Crippen molar-refractivity contribution in [2.24, 2.45) is 0 Å². The Morgan fingerprint density at radius 3 is 1.27 bits per heavy atom. The highest BCUT2D eigenvalue weighted by Gasteiger charge is 2.47. The Balaban J connectivity index is 1.04. The summed E-state index contributed by atoms with van der Waals surface area (Å²) in [6.45, 7) is 2.43. The average molecular weight is 1000 g/mol. The number of fused-ring (bicyclic) bond motifs is 6. The van der Waals surface area contributed by atoms with Crippen LogP contribution < -0.4 is 33.8 Å². The van der Waals surface area contributed by atoms with Crippen LogP contribution in [0.3, 0.4) is 0 Å². The summed E-state index contributed by atoms with van der Waals surface area (Å²) in [4.78, 5) is 9.66. The highest BCUT2D eigenvalue weighted by Crippen LogP contribution is 2.59. The fraction of sp³-hybridized carbons (Fsp3) is 0.0857. The van der Waals surface area contributed by atoms with E-state index in [4.69, 9.17) is 14.2 Å². The van der Waals surface area contributed by atoms with Crippen LogP contribution in [0.2, 0.25) is 0 Å². The molecule has 0 saturated heterocycles. The summed E-state index contributed by atoms with van der Waals surface area (Å²) in [5.41, 5.74) is 13.5. The normalized spacial score (nSPS) is 14.6. The maximum absolute atomic E-state index is 5.89. The van der Waals surface area contributed by atoms with Gasteiger partial charge in [-0.15, -0.1) is 0 Å². The minimum absolute atomic E-state index is 0.534. The lowest BCUT2D eigenvalue weighted by Crippen LogP contribution is -2.32. The van der Waals surface area contributed by atoms with Gasteiger partial charge in [-0.05, 0) is 132 Å². The zero-order valence-electron chi connectivity index (χ0n) is 43.5. The van der Waals surface area contributed by atoms with Crippen LogP contribution in [-0.2, 0) is 5.41 Å². The highest BCUT2D eigenvalue weighted by molar-refractivity contribution is 6.02.